The number of carbonyl (C=O) groups is 1. The second kappa shape index (κ2) is 5.44. The highest BCUT2D eigenvalue weighted by Gasteiger charge is 2.22. The van der Waals surface area contributed by atoms with E-state index in [1.807, 2.05) is 44.2 Å². The first-order valence-corrected chi connectivity index (χ1v) is 6.72. The van der Waals surface area contributed by atoms with Gasteiger partial charge in [-0.25, -0.2) is 9.48 Å². The minimum Gasteiger partial charge on any atom is -0.476 e. The number of rotatable bonds is 4. The highest BCUT2D eigenvalue weighted by Crippen LogP contribution is 2.24. The molecule has 22 heavy (non-hydrogen) atoms. The average Bonchev–Trinajstić information content (AvgIpc) is 3.07. The molecule has 0 aliphatic carbocycles. The first-order chi connectivity index (χ1) is 10.6. The molecule has 0 unspecified atom stereocenters. The van der Waals surface area contributed by atoms with Crippen molar-refractivity contribution >= 4 is 5.97 Å². The van der Waals surface area contributed by atoms with E-state index in [9.17, 15) is 9.90 Å². The van der Waals surface area contributed by atoms with Crippen LogP contribution in [-0.4, -0.2) is 31.2 Å². The molecule has 0 saturated carbocycles. The molecular weight excluding hydrogens is 284 g/mol. The van der Waals surface area contributed by atoms with E-state index in [-0.39, 0.29) is 5.69 Å². The van der Waals surface area contributed by atoms with Gasteiger partial charge in [0.05, 0.1) is 12.2 Å². The summed E-state index contributed by atoms with van der Waals surface area (Å²) in [5, 5.41) is 21.0. The Morgan fingerprint density at radius 3 is 2.59 bits per heavy atom. The van der Waals surface area contributed by atoms with Crippen molar-refractivity contribution in [3.63, 3.8) is 0 Å². The molecule has 2 aromatic heterocycles. The van der Waals surface area contributed by atoms with Gasteiger partial charge in [0.25, 0.3) is 0 Å². The van der Waals surface area contributed by atoms with E-state index >= 15 is 0 Å². The molecule has 1 aromatic carbocycles. The van der Waals surface area contributed by atoms with Gasteiger partial charge >= 0.3 is 5.97 Å². The standard InChI is InChI=1S/C15H14N4O3/c1-9-12(10(2)22-17-9)8-19-14(11-6-4-3-5-7-11)13(15(20)21)16-18-19/h3-7H,8H2,1-2H3,(H,20,21). The van der Waals surface area contributed by atoms with Crippen LogP contribution in [0.4, 0.5) is 0 Å². The highest BCUT2D eigenvalue weighted by atomic mass is 16.5. The van der Waals surface area contributed by atoms with E-state index in [4.69, 9.17) is 4.52 Å². The number of hydrogen-bond acceptors (Lipinski definition) is 5. The van der Waals surface area contributed by atoms with Crippen LogP contribution in [0.3, 0.4) is 0 Å². The molecule has 7 heteroatoms. The summed E-state index contributed by atoms with van der Waals surface area (Å²) in [6, 6.07) is 9.21. The van der Waals surface area contributed by atoms with Crippen molar-refractivity contribution < 1.29 is 14.4 Å². The summed E-state index contributed by atoms with van der Waals surface area (Å²) in [6.07, 6.45) is 0. The third kappa shape index (κ3) is 2.37. The van der Waals surface area contributed by atoms with Crippen molar-refractivity contribution in [3.05, 3.63) is 53.0 Å². The Balaban J connectivity index is 2.11. The lowest BCUT2D eigenvalue weighted by Gasteiger charge is -2.07. The predicted octanol–water partition coefficient (Wildman–Crippen LogP) is 2.30. The quantitative estimate of drug-likeness (QED) is 0.794. The zero-order valence-corrected chi connectivity index (χ0v) is 12.1. The van der Waals surface area contributed by atoms with Crippen LogP contribution in [0.5, 0.6) is 0 Å². The van der Waals surface area contributed by atoms with Crippen LogP contribution in [0.15, 0.2) is 34.9 Å². The second-order valence-electron chi connectivity index (χ2n) is 4.92. The topological polar surface area (TPSA) is 94.0 Å². The van der Waals surface area contributed by atoms with Gasteiger partial charge in [-0.2, -0.15) is 0 Å². The van der Waals surface area contributed by atoms with Gasteiger partial charge in [0.1, 0.15) is 11.5 Å². The monoisotopic (exact) mass is 298 g/mol. The van der Waals surface area contributed by atoms with E-state index in [1.54, 1.807) is 4.68 Å². The van der Waals surface area contributed by atoms with Gasteiger partial charge in [-0.05, 0) is 13.8 Å². The van der Waals surface area contributed by atoms with E-state index in [0.29, 0.717) is 18.0 Å². The van der Waals surface area contributed by atoms with E-state index in [1.165, 1.54) is 0 Å². The Morgan fingerprint density at radius 1 is 1.27 bits per heavy atom. The molecule has 0 aliphatic rings. The van der Waals surface area contributed by atoms with Crippen LogP contribution in [-0.2, 0) is 6.54 Å². The Morgan fingerprint density at radius 2 is 2.00 bits per heavy atom. The molecule has 2 heterocycles. The third-order valence-corrected chi connectivity index (χ3v) is 3.47. The number of nitrogens with zero attached hydrogens (tertiary/aromatic N) is 4. The smallest absolute Gasteiger partial charge is 0.358 e. The number of benzene rings is 1. The van der Waals surface area contributed by atoms with Crippen LogP contribution in [0.2, 0.25) is 0 Å². The van der Waals surface area contributed by atoms with Gasteiger partial charge in [-0.15, -0.1) is 5.10 Å². The SMILES string of the molecule is Cc1noc(C)c1Cn1nnc(C(=O)O)c1-c1ccccc1. The maximum absolute atomic E-state index is 11.4. The lowest BCUT2D eigenvalue weighted by molar-refractivity contribution is 0.0691. The molecule has 3 rings (SSSR count). The molecular formula is C15H14N4O3. The van der Waals surface area contributed by atoms with Gasteiger partial charge in [-0.1, -0.05) is 40.7 Å². The minimum atomic E-state index is -1.11. The highest BCUT2D eigenvalue weighted by molar-refractivity contribution is 5.92. The Bertz CT molecular complexity index is 801. The molecule has 0 spiro atoms. The van der Waals surface area contributed by atoms with Crippen molar-refractivity contribution in [2.75, 3.05) is 0 Å². The summed E-state index contributed by atoms with van der Waals surface area (Å²) >= 11 is 0. The fourth-order valence-electron chi connectivity index (χ4n) is 2.33. The zero-order chi connectivity index (χ0) is 15.7. The van der Waals surface area contributed by atoms with E-state index in [2.05, 4.69) is 15.5 Å². The maximum Gasteiger partial charge on any atom is 0.358 e. The lowest BCUT2D eigenvalue weighted by Crippen LogP contribution is -2.07. The number of aromatic carboxylic acids is 1. The number of aryl methyl sites for hydroxylation is 2. The number of hydrogen-bond donors (Lipinski definition) is 1. The van der Waals surface area contributed by atoms with Crippen molar-refractivity contribution in [3.8, 4) is 11.3 Å². The van der Waals surface area contributed by atoms with E-state index < -0.39 is 5.97 Å². The molecule has 0 fully saturated rings. The van der Waals surface area contributed by atoms with Crippen LogP contribution in [0, 0.1) is 13.8 Å². The van der Waals surface area contributed by atoms with Gasteiger partial charge in [0.15, 0.2) is 5.69 Å². The second-order valence-corrected chi connectivity index (χ2v) is 4.92. The van der Waals surface area contributed by atoms with Crippen molar-refractivity contribution in [2.45, 2.75) is 20.4 Å². The summed E-state index contributed by atoms with van der Waals surface area (Å²) in [4.78, 5) is 11.4. The summed E-state index contributed by atoms with van der Waals surface area (Å²) in [6.45, 7) is 4.00. The number of aromatic nitrogens is 4. The normalized spacial score (nSPS) is 10.8. The first kappa shape index (κ1) is 14.0. The van der Waals surface area contributed by atoms with Crippen LogP contribution in [0.1, 0.15) is 27.5 Å². The lowest BCUT2D eigenvalue weighted by atomic mass is 10.1. The molecule has 1 N–H and O–H groups in total. The summed E-state index contributed by atoms with van der Waals surface area (Å²) in [5.74, 6) is -0.423. The fraction of sp³-hybridized carbons (Fsp3) is 0.200. The molecule has 0 aliphatic heterocycles. The van der Waals surface area contributed by atoms with Crippen LogP contribution in [0.25, 0.3) is 11.3 Å². The first-order valence-electron chi connectivity index (χ1n) is 6.72. The Hall–Kier alpha value is -2.96. The summed E-state index contributed by atoms with van der Waals surface area (Å²) in [7, 11) is 0. The fourth-order valence-corrected chi connectivity index (χ4v) is 2.33. The Labute approximate surface area is 126 Å². The summed E-state index contributed by atoms with van der Waals surface area (Å²) < 4.78 is 6.70. The van der Waals surface area contributed by atoms with Crippen molar-refractivity contribution in [1.29, 1.82) is 0 Å². The van der Waals surface area contributed by atoms with Gasteiger partial charge < -0.3 is 9.63 Å². The molecule has 112 valence electrons. The third-order valence-electron chi connectivity index (χ3n) is 3.47. The molecule has 0 saturated heterocycles. The average molecular weight is 298 g/mol. The van der Waals surface area contributed by atoms with E-state index in [0.717, 1.165) is 16.8 Å². The molecule has 7 nitrogen and oxygen atoms in total. The molecule has 0 amide bonds. The molecule has 3 aromatic rings. The predicted molar refractivity (Wildman–Crippen MR) is 77.5 cm³/mol. The summed E-state index contributed by atoms with van der Waals surface area (Å²) in [5.41, 5.74) is 2.77. The number of carboxylic acid groups (broad SMARTS) is 1. The Kier molecular flexibility index (Phi) is 3.46. The van der Waals surface area contributed by atoms with Crippen LogP contribution >= 0.6 is 0 Å². The van der Waals surface area contributed by atoms with Crippen LogP contribution < -0.4 is 0 Å². The van der Waals surface area contributed by atoms with Gasteiger partial charge in [0.2, 0.25) is 0 Å². The van der Waals surface area contributed by atoms with Gasteiger partial charge in [0, 0.05) is 11.1 Å². The molecule has 0 radical (unpaired) electrons. The number of carboxylic acids is 1. The largest absolute Gasteiger partial charge is 0.476 e. The minimum absolute atomic E-state index is 0.0713. The molecule has 0 atom stereocenters. The van der Waals surface area contributed by atoms with Crippen molar-refractivity contribution in [2.24, 2.45) is 0 Å². The maximum atomic E-state index is 11.4. The molecule has 0 bridgehead atoms. The van der Waals surface area contributed by atoms with Gasteiger partial charge in [-0.3, -0.25) is 0 Å². The van der Waals surface area contributed by atoms with Crippen molar-refractivity contribution in [1.82, 2.24) is 20.2 Å². The zero-order valence-electron chi connectivity index (χ0n) is 12.1.